The molecular formula is C15H23NO4. The van der Waals surface area contributed by atoms with Crippen LogP contribution in [0.25, 0.3) is 0 Å². The number of hydrogen-bond donors (Lipinski definition) is 1. The lowest BCUT2D eigenvalue weighted by Crippen LogP contribution is -2.19. The first-order valence-electron chi connectivity index (χ1n) is 6.66. The molecule has 2 N–H and O–H groups in total. The van der Waals surface area contributed by atoms with Gasteiger partial charge in [0.1, 0.15) is 18.1 Å². The van der Waals surface area contributed by atoms with Crippen molar-refractivity contribution in [3.63, 3.8) is 0 Å². The molecule has 1 aliphatic carbocycles. The summed E-state index contributed by atoms with van der Waals surface area (Å²) < 4.78 is 15.2. The van der Waals surface area contributed by atoms with Crippen molar-refractivity contribution in [1.29, 1.82) is 0 Å². The van der Waals surface area contributed by atoms with Gasteiger partial charge in [0.05, 0.1) is 6.61 Å². The maximum Gasteiger partial charge on any atom is 0.157 e. The number of carbonyl (C=O) groups is 1. The average molecular weight is 281 g/mol. The van der Waals surface area contributed by atoms with E-state index in [9.17, 15) is 4.79 Å². The zero-order chi connectivity index (χ0) is 15.0. The van der Waals surface area contributed by atoms with E-state index in [0.29, 0.717) is 6.61 Å². The van der Waals surface area contributed by atoms with E-state index in [1.165, 1.54) is 5.56 Å². The van der Waals surface area contributed by atoms with E-state index in [1.54, 1.807) is 14.2 Å². The summed E-state index contributed by atoms with van der Waals surface area (Å²) in [5, 5.41) is 0. The largest absolute Gasteiger partial charge is 0.494 e. The number of rotatable bonds is 5. The van der Waals surface area contributed by atoms with E-state index >= 15 is 0 Å². The molecule has 0 spiro atoms. The Balaban J connectivity index is 0.000000612. The maximum absolute atomic E-state index is 10.4. The number of fused-ring (bicyclic) bond motifs is 1. The summed E-state index contributed by atoms with van der Waals surface area (Å²) in [6, 6.07) is 3.99. The van der Waals surface area contributed by atoms with Crippen LogP contribution in [0.1, 0.15) is 18.1 Å². The van der Waals surface area contributed by atoms with Crippen LogP contribution in [-0.4, -0.2) is 39.8 Å². The highest BCUT2D eigenvalue weighted by atomic mass is 16.5. The van der Waals surface area contributed by atoms with Crippen LogP contribution in [0.3, 0.4) is 0 Å². The molecule has 0 fully saturated rings. The van der Waals surface area contributed by atoms with E-state index in [4.69, 9.17) is 15.2 Å². The molecule has 5 heteroatoms. The first-order valence-corrected chi connectivity index (χ1v) is 6.66. The van der Waals surface area contributed by atoms with Gasteiger partial charge in [-0.2, -0.15) is 0 Å². The Labute approximate surface area is 120 Å². The average Bonchev–Trinajstić information content (AvgIpc) is 2.77. The second kappa shape index (κ2) is 8.55. The summed E-state index contributed by atoms with van der Waals surface area (Å²) in [4.78, 5) is 10.4. The van der Waals surface area contributed by atoms with Crippen molar-refractivity contribution < 1.29 is 19.0 Å². The third kappa shape index (κ3) is 4.51. The summed E-state index contributed by atoms with van der Waals surface area (Å²) in [7, 11) is 3.25. The third-order valence-electron chi connectivity index (χ3n) is 2.84. The predicted octanol–water partition coefficient (Wildman–Crippen LogP) is 1.35. The fourth-order valence-electron chi connectivity index (χ4n) is 2.21. The number of ether oxygens (including phenoxy) is 3. The lowest BCUT2D eigenvalue weighted by molar-refractivity contribution is -0.109. The van der Waals surface area contributed by atoms with Gasteiger partial charge >= 0.3 is 0 Å². The van der Waals surface area contributed by atoms with E-state index in [0.717, 1.165) is 36.2 Å². The lowest BCUT2D eigenvalue weighted by atomic mass is 10.1. The highest BCUT2D eigenvalue weighted by Crippen LogP contribution is 2.34. The molecule has 1 aromatic rings. The van der Waals surface area contributed by atoms with Crippen molar-refractivity contribution in [3.8, 4) is 11.5 Å². The van der Waals surface area contributed by atoms with Crippen LogP contribution in [0.5, 0.6) is 11.5 Å². The quantitative estimate of drug-likeness (QED) is 0.825. The van der Waals surface area contributed by atoms with Gasteiger partial charge in [0.15, 0.2) is 6.29 Å². The van der Waals surface area contributed by atoms with Crippen molar-refractivity contribution in [2.24, 2.45) is 5.73 Å². The normalized spacial score (nSPS) is 15.9. The standard InChI is InChI=1S/C13H17NO3.C2H6O/c1-2-16-11-6-9-5-10(14)7-12(9)13(8-11)17-4-3-15;1-3-2/h3,6,8,10H,2,4-5,7,14H2,1H3;1-2H3. The molecule has 1 unspecified atom stereocenters. The maximum atomic E-state index is 10.4. The zero-order valence-corrected chi connectivity index (χ0v) is 12.3. The van der Waals surface area contributed by atoms with Crippen molar-refractivity contribution in [3.05, 3.63) is 23.3 Å². The smallest absolute Gasteiger partial charge is 0.157 e. The molecule has 2 rings (SSSR count). The Hall–Kier alpha value is -1.59. The number of hydrogen-bond acceptors (Lipinski definition) is 5. The fourth-order valence-corrected chi connectivity index (χ4v) is 2.21. The van der Waals surface area contributed by atoms with Crippen molar-refractivity contribution in [2.75, 3.05) is 27.4 Å². The highest BCUT2D eigenvalue weighted by molar-refractivity contribution is 5.54. The molecular weight excluding hydrogens is 258 g/mol. The first kappa shape index (κ1) is 16.5. The molecule has 0 radical (unpaired) electrons. The number of carbonyl (C=O) groups excluding carboxylic acids is 1. The van der Waals surface area contributed by atoms with Crippen molar-refractivity contribution in [2.45, 2.75) is 25.8 Å². The molecule has 1 atom stereocenters. The van der Waals surface area contributed by atoms with E-state index in [-0.39, 0.29) is 12.6 Å². The molecule has 0 bridgehead atoms. The second-order valence-corrected chi connectivity index (χ2v) is 4.55. The van der Waals surface area contributed by atoms with E-state index in [1.807, 2.05) is 19.1 Å². The van der Waals surface area contributed by atoms with E-state index < -0.39 is 0 Å². The van der Waals surface area contributed by atoms with Gasteiger partial charge in [0.2, 0.25) is 0 Å². The van der Waals surface area contributed by atoms with Crippen LogP contribution in [0.2, 0.25) is 0 Å². The molecule has 0 saturated heterocycles. The number of methoxy groups -OCH3 is 1. The molecule has 0 aliphatic heterocycles. The summed E-state index contributed by atoms with van der Waals surface area (Å²) >= 11 is 0. The SMILES string of the molecule is CCOc1cc2c(c(OCC=O)c1)CC(N)C2.COC. The van der Waals surface area contributed by atoms with Crippen LogP contribution in [0.15, 0.2) is 12.1 Å². The molecule has 0 saturated carbocycles. The molecule has 0 amide bonds. The number of benzene rings is 1. The van der Waals surface area contributed by atoms with Gasteiger partial charge in [0, 0.05) is 26.3 Å². The third-order valence-corrected chi connectivity index (χ3v) is 2.84. The summed E-state index contributed by atoms with van der Waals surface area (Å²) in [6.07, 6.45) is 2.39. The molecule has 0 heterocycles. The minimum atomic E-state index is 0.0667. The van der Waals surface area contributed by atoms with Crippen LogP contribution in [0.4, 0.5) is 0 Å². The second-order valence-electron chi connectivity index (χ2n) is 4.55. The summed E-state index contributed by atoms with van der Waals surface area (Å²) in [5.41, 5.74) is 8.23. The summed E-state index contributed by atoms with van der Waals surface area (Å²) in [5.74, 6) is 1.51. The van der Waals surface area contributed by atoms with Gasteiger partial charge in [-0.05, 0) is 37.0 Å². The highest BCUT2D eigenvalue weighted by Gasteiger charge is 2.23. The van der Waals surface area contributed by atoms with E-state index in [2.05, 4.69) is 4.74 Å². The topological polar surface area (TPSA) is 70.8 Å². The van der Waals surface area contributed by atoms with Crippen LogP contribution in [-0.2, 0) is 22.4 Å². The Morgan fingerprint density at radius 2 is 2.00 bits per heavy atom. The molecule has 1 aliphatic rings. The van der Waals surface area contributed by atoms with Gasteiger partial charge in [-0.3, -0.25) is 4.79 Å². The first-order chi connectivity index (χ1) is 9.65. The van der Waals surface area contributed by atoms with Crippen LogP contribution in [0, 0.1) is 0 Å². The minimum absolute atomic E-state index is 0.0667. The Morgan fingerprint density at radius 1 is 1.30 bits per heavy atom. The fraction of sp³-hybridized carbons (Fsp3) is 0.533. The predicted molar refractivity (Wildman–Crippen MR) is 77.5 cm³/mol. The molecule has 5 nitrogen and oxygen atoms in total. The van der Waals surface area contributed by atoms with Gasteiger partial charge in [0.25, 0.3) is 0 Å². The molecule has 0 aromatic heterocycles. The van der Waals surface area contributed by atoms with Gasteiger partial charge < -0.3 is 19.9 Å². The Kier molecular flexibility index (Phi) is 7.04. The Morgan fingerprint density at radius 3 is 2.60 bits per heavy atom. The molecule has 112 valence electrons. The molecule has 1 aromatic carbocycles. The van der Waals surface area contributed by atoms with Gasteiger partial charge in [-0.15, -0.1) is 0 Å². The van der Waals surface area contributed by atoms with Gasteiger partial charge in [-0.25, -0.2) is 0 Å². The van der Waals surface area contributed by atoms with Crippen molar-refractivity contribution >= 4 is 6.29 Å². The minimum Gasteiger partial charge on any atom is -0.494 e. The Bertz CT molecular complexity index is 434. The monoisotopic (exact) mass is 281 g/mol. The van der Waals surface area contributed by atoms with Crippen LogP contribution >= 0.6 is 0 Å². The van der Waals surface area contributed by atoms with Crippen LogP contribution < -0.4 is 15.2 Å². The summed E-state index contributed by atoms with van der Waals surface area (Å²) in [6.45, 7) is 2.61. The molecule has 20 heavy (non-hydrogen) atoms. The van der Waals surface area contributed by atoms with Crippen molar-refractivity contribution in [1.82, 2.24) is 0 Å². The van der Waals surface area contributed by atoms with Gasteiger partial charge in [-0.1, -0.05) is 0 Å². The zero-order valence-electron chi connectivity index (χ0n) is 12.3. The number of nitrogens with two attached hydrogens (primary N) is 1. The lowest BCUT2D eigenvalue weighted by Gasteiger charge is -2.12. The number of aldehydes is 1.